The van der Waals surface area contributed by atoms with Gasteiger partial charge in [0.15, 0.2) is 16.3 Å². The van der Waals surface area contributed by atoms with Crippen LogP contribution in [0.1, 0.15) is 36.6 Å². The molecular weight excluding hydrogens is 604 g/mol. The minimum atomic E-state index is -0.843. The molecule has 0 bridgehead atoms. The molecule has 0 saturated carbocycles. The Morgan fingerprint density at radius 1 is 1.00 bits per heavy atom. The predicted molar refractivity (Wildman–Crippen MR) is 169 cm³/mol. The predicted octanol–water partition coefficient (Wildman–Crippen LogP) is 5.06. The SMILES string of the molecule is CCOC(=O)C1=C(C)N=c2s/c(=C\c3ccc(OCc4ccc(Cl)cc4)cc3)c(=O)n2[C@@H]1c1cc(OC)c(OC)c(OC)c1. The molecule has 0 saturated heterocycles. The summed E-state index contributed by atoms with van der Waals surface area (Å²) in [6.07, 6.45) is 1.79. The normalized spacial score (nSPS) is 14.5. The van der Waals surface area contributed by atoms with Crippen LogP contribution in [0.4, 0.5) is 0 Å². The molecule has 1 aliphatic rings. The quantitative estimate of drug-likeness (QED) is 0.225. The van der Waals surface area contributed by atoms with Crippen molar-refractivity contribution in [1.82, 2.24) is 4.57 Å². The van der Waals surface area contributed by atoms with E-state index in [1.54, 1.807) is 32.1 Å². The summed E-state index contributed by atoms with van der Waals surface area (Å²) < 4.78 is 29.9. The van der Waals surface area contributed by atoms with Crippen molar-refractivity contribution in [3.05, 3.63) is 113 Å². The average molecular weight is 635 g/mol. The first-order valence-corrected chi connectivity index (χ1v) is 14.9. The number of nitrogens with zero attached hydrogens (tertiary/aromatic N) is 2. The number of carbonyl (C=O) groups excluding carboxylic acids is 1. The van der Waals surface area contributed by atoms with Gasteiger partial charge in [0.05, 0.1) is 49.8 Å². The third kappa shape index (κ3) is 6.22. The lowest BCUT2D eigenvalue weighted by Crippen LogP contribution is -2.40. The monoisotopic (exact) mass is 634 g/mol. The van der Waals surface area contributed by atoms with Gasteiger partial charge in [-0.2, -0.15) is 0 Å². The van der Waals surface area contributed by atoms with Crippen LogP contribution in [-0.2, 0) is 16.1 Å². The molecule has 5 rings (SSSR count). The van der Waals surface area contributed by atoms with E-state index >= 15 is 0 Å². The van der Waals surface area contributed by atoms with E-state index in [1.165, 1.54) is 37.2 Å². The van der Waals surface area contributed by atoms with Crippen molar-refractivity contribution < 1.29 is 28.5 Å². The molecule has 1 aromatic heterocycles. The molecule has 1 aliphatic heterocycles. The van der Waals surface area contributed by atoms with Crippen molar-refractivity contribution in [3.8, 4) is 23.0 Å². The molecule has 0 fully saturated rings. The lowest BCUT2D eigenvalue weighted by atomic mass is 9.95. The van der Waals surface area contributed by atoms with E-state index < -0.39 is 12.0 Å². The number of aromatic nitrogens is 1. The second-order valence-electron chi connectivity index (χ2n) is 9.75. The third-order valence-electron chi connectivity index (χ3n) is 7.02. The largest absolute Gasteiger partial charge is 0.493 e. The highest BCUT2D eigenvalue weighted by Gasteiger charge is 2.34. The van der Waals surface area contributed by atoms with Crippen LogP contribution < -0.4 is 33.8 Å². The van der Waals surface area contributed by atoms with Gasteiger partial charge in [0.25, 0.3) is 5.56 Å². The molecule has 44 heavy (non-hydrogen) atoms. The van der Waals surface area contributed by atoms with Crippen molar-refractivity contribution >= 4 is 35.0 Å². The topological polar surface area (TPSA) is 97.6 Å². The minimum absolute atomic E-state index is 0.168. The van der Waals surface area contributed by atoms with Gasteiger partial charge in [-0.05, 0) is 73.0 Å². The second-order valence-corrected chi connectivity index (χ2v) is 11.2. The standard InChI is InChI=1S/C33H31ClN2O7S/c1-6-42-32(38)28-19(2)35-33-36(29(28)22-16-25(39-3)30(41-5)26(17-22)40-4)31(37)27(44-33)15-20-9-13-24(14-10-20)43-18-21-7-11-23(34)12-8-21/h7-17,29H,6,18H2,1-5H3/b27-15-/t29-/m1/s1. The molecule has 11 heteroatoms. The van der Waals surface area contributed by atoms with Gasteiger partial charge in [-0.3, -0.25) is 9.36 Å². The summed E-state index contributed by atoms with van der Waals surface area (Å²) in [5, 5.41) is 0.672. The molecule has 2 heterocycles. The molecular formula is C33H31ClN2O7S. The number of thiazole rings is 1. The number of hydrogen-bond donors (Lipinski definition) is 0. The Labute approximate surface area is 263 Å². The number of methoxy groups -OCH3 is 3. The fraction of sp³-hybridized carbons (Fsp3) is 0.242. The van der Waals surface area contributed by atoms with Crippen LogP contribution in [0.25, 0.3) is 6.08 Å². The summed E-state index contributed by atoms with van der Waals surface area (Å²) in [6.45, 7) is 4.03. The number of benzene rings is 3. The number of esters is 1. The zero-order valence-electron chi connectivity index (χ0n) is 24.9. The Kier molecular flexibility index (Phi) is 9.41. The van der Waals surface area contributed by atoms with Gasteiger partial charge in [0.1, 0.15) is 12.4 Å². The molecule has 0 N–H and O–H groups in total. The zero-order chi connectivity index (χ0) is 31.4. The van der Waals surface area contributed by atoms with Crippen LogP contribution in [0.15, 0.2) is 81.7 Å². The molecule has 0 amide bonds. The maximum Gasteiger partial charge on any atom is 0.338 e. The van der Waals surface area contributed by atoms with Crippen molar-refractivity contribution in [3.63, 3.8) is 0 Å². The van der Waals surface area contributed by atoms with Crippen LogP contribution in [0, 0.1) is 0 Å². The highest BCUT2D eigenvalue weighted by molar-refractivity contribution is 7.07. The molecule has 1 atom stereocenters. The van der Waals surface area contributed by atoms with E-state index in [9.17, 15) is 9.59 Å². The first-order valence-electron chi connectivity index (χ1n) is 13.7. The van der Waals surface area contributed by atoms with Gasteiger partial charge in [-0.25, -0.2) is 9.79 Å². The number of carbonyl (C=O) groups is 1. The maximum absolute atomic E-state index is 14.0. The maximum atomic E-state index is 14.0. The van der Waals surface area contributed by atoms with Crippen molar-refractivity contribution in [2.75, 3.05) is 27.9 Å². The number of rotatable bonds is 10. The van der Waals surface area contributed by atoms with Gasteiger partial charge in [0.2, 0.25) is 5.75 Å². The van der Waals surface area contributed by atoms with Crippen molar-refractivity contribution in [1.29, 1.82) is 0 Å². The summed E-state index contributed by atoms with van der Waals surface area (Å²) in [6, 6.07) is 17.5. The second kappa shape index (κ2) is 13.4. The van der Waals surface area contributed by atoms with E-state index in [4.69, 9.17) is 35.3 Å². The van der Waals surface area contributed by atoms with E-state index in [0.717, 1.165) is 11.1 Å². The minimum Gasteiger partial charge on any atom is -0.493 e. The third-order valence-corrected chi connectivity index (χ3v) is 8.25. The average Bonchev–Trinajstić information content (AvgIpc) is 3.33. The number of hydrogen-bond acceptors (Lipinski definition) is 9. The summed E-state index contributed by atoms with van der Waals surface area (Å²) in [7, 11) is 4.53. The Bertz CT molecular complexity index is 1870. The Morgan fingerprint density at radius 3 is 2.25 bits per heavy atom. The van der Waals surface area contributed by atoms with Crippen LogP contribution in [0.2, 0.25) is 5.02 Å². The molecule has 0 aliphatic carbocycles. The van der Waals surface area contributed by atoms with Gasteiger partial charge in [0, 0.05) is 5.02 Å². The van der Waals surface area contributed by atoms with Crippen LogP contribution in [0.3, 0.4) is 0 Å². The summed E-state index contributed by atoms with van der Waals surface area (Å²) in [4.78, 5) is 32.4. The molecule has 0 unspecified atom stereocenters. The van der Waals surface area contributed by atoms with E-state index in [2.05, 4.69) is 4.99 Å². The first-order chi connectivity index (χ1) is 21.3. The number of ether oxygens (including phenoxy) is 5. The molecule has 0 spiro atoms. The van der Waals surface area contributed by atoms with Crippen LogP contribution in [-0.4, -0.2) is 38.5 Å². The van der Waals surface area contributed by atoms with Gasteiger partial charge in [-0.15, -0.1) is 0 Å². The summed E-state index contributed by atoms with van der Waals surface area (Å²) in [5.74, 6) is 1.30. The van der Waals surface area contributed by atoms with E-state index in [0.29, 0.717) is 55.2 Å². The fourth-order valence-corrected chi connectivity index (χ4v) is 6.10. The number of allylic oxidation sites excluding steroid dienone is 1. The molecule has 0 radical (unpaired) electrons. The Balaban J connectivity index is 1.55. The highest BCUT2D eigenvalue weighted by atomic mass is 35.5. The molecule has 3 aromatic carbocycles. The summed E-state index contributed by atoms with van der Waals surface area (Å²) >= 11 is 7.20. The Hall–Kier alpha value is -4.54. The lowest BCUT2D eigenvalue weighted by Gasteiger charge is -2.26. The smallest absolute Gasteiger partial charge is 0.338 e. The Morgan fingerprint density at radius 2 is 1.66 bits per heavy atom. The number of fused-ring (bicyclic) bond motifs is 1. The van der Waals surface area contributed by atoms with Gasteiger partial charge in [-0.1, -0.05) is 47.2 Å². The molecule has 9 nitrogen and oxygen atoms in total. The molecule has 4 aromatic rings. The van der Waals surface area contributed by atoms with Crippen molar-refractivity contribution in [2.45, 2.75) is 26.5 Å². The number of halogens is 1. The molecule has 228 valence electrons. The first kappa shape index (κ1) is 30.9. The summed E-state index contributed by atoms with van der Waals surface area (Å²) in [5.41, 5.74) is 2.79. The van der Waals surface area contributed by atoms with E-state index in [-0.39, 0.29) is 17.7 Å². The van der Waals surface area contributed by atoms with Crippen molar-refractivity contribution in [2.24, 2.45) is 4.99 Å². The van der Waals surface area contributed by atoms with Crippen LogP contribution >= 0.6 is 22.9 Å². The van der Waals surface area contributed by atoms with Crippen LogP contribution in [0.5, 0.6) is 23.0 Å². The van der Waals surface area contributed by atoms with E-state index in [1.807, 2.05) is 48.5 Å². The highest BCUT2D eigenvalue weighted by Crippen LogP contribution is 2.42. The lowest BCUT2D eigenvalue weighted by molar-refractivity contribution is -0.139. The fourth-order valence-electron chi connectivity index (χ4n) is 4.93. The van der Waals surface area contributed by atoms with Gasteiger partial charge < -0.3 is 23.7 Å². The zero-order valence-corrected chi connectivity index (χ0v) is 26.5. The van der Waals surface area contributed by atoms with Gasteiger partial charge >= 0.3 is 5.97 Å².